The lowest BCUT2D eigenvalue weighted by molar-refractivity contribution is -0.143. The van der Waals surface area contributed by atoms with Crippen LogP contribution in [0.3, 0.4) is 0 Å². The summed E-state index contributed by atoms with van der Waals surface area (Å²) in [5.74, 6) is -2.87. The number of aldehydes is 1. The molecule has 3 atom stereocenters. The van der Waals surface area contributed by atoms with Gasteiger partial charge in [0.05, 0.1) is 18.2 Å². The number of methoxy groups -OCH3 is 1. The third-order valence-corrected chi connectivity index (χ3v) is 10.2. The molecule has 1 fully saturated rings. The molecule has 10 heteroatoms. The van der Waals surface area contributed by atoms with Crippen molar-refractivity contribution >= 4 is 53.9 Å². The lowest BCUT2D eigenvalue weighted by atomic mass is 9.85. The first-order valence-electron chi connectivity index (χ1n) is 16.7. The van der Waals surface area contributed by atoms with Gasteiger partial charge in [0.1, 0.15) is 12.5 Å². The fourth-order valence-electron chi connectivity index (χ4n) is 7.53. The highest BCUT2D eigenvalue weighted by Crippen LogP contribution is 2.48. The van der Waals surface area contributed by atoms with Gasteiger partial charge in [-0.1, -0.05) is 38.7 Å². The molecular formula is C39H42N4O6. The predicted molar refractivity (Wildman–Crippen MR) is 189 cm³/mol. The number of H-pyrrole nitrogens is 3. The molecular weight excluding hydrogens is 620 g/mol. The van der Waals surface area contributed by atoms with Gasteiger partial charge < -0.3 is 29.7 Å². The van der Waals surface area contributed by atoms with Crippen LogP contribution in [0.15, 0.2) is 30.1 Å². The van der Waals surface area contributed by atoms with E-state index in [1.807, 2.05) is 52.0 Å². The molecule has 10 nitrogen and oxygen atoms in total. The molecule has 3 aliphatic rings. The normalized spacial score (nSPS) is 23.3. The summed E-state index contributed by atoms with van der Waals surface area (Å²) in [6.45, 7) is 14.1. The maximum atomic E-state index is 14.2. The smallest absolute Gasteiger partial charge is 0.321 e. The van der Waals surface area contributed by atoms with Crippen LogP contribution >= 0.6 is 0 Å². The molecule has 1 saturated heterocycles. The average Bonchev–Trinajstić information content (AvgIpc) is 3.84. The molecule has 0 aromatic carbocycles. The summed E-state index contributed by atoms with van der Waals surface area (Å²) in [5.41, 5.74) is 9.33. The van der Waals surface area contributed by atoms with E-state index in [0.717, 1.165) is 45.4 Å². The lowest BCUT2D eigenvalue weighted by Gasteiger charge is -2.19. The Bertz CT molecular complexity index is 2130. The number of rotatable bonds is 9. The van der Waals surface area contributed by atoms with Gasteiger partial charge >= 0.3 is 11.9 Å². The Labute approximate surface area is 284 Å². The van der Waals surface area contributed by atoms with E-state index in [0.29, 0.717) is 57.5 Å². The molecule has 0 unspecified atom stereocenters. The molecule has 49 heavy (non-hydrogen) atoms. The van der Waals surface area contributed by atoms with Crippen molar-refractivity contribution in [3.63, 3.8) is 0 Å². The van der Waals surface area contributed by atoms with E-state index in [9.17, 15) is 19.2 Å². The minimum atomic E-state index is -1.18. The molecule has 3 aromatic heterocycles. The van der Waals surface area contributed by atoms with Crippen molar-refractivity contribution in [3.8, 4) is 0 Å². The van der Waals surface area contributed by atoms with Crippen LogP contribution in [0.2, 0.25) is 0 Å². The fraction of sp³-hybridized carbons (Fsp3) is 0.333. The van der Waals surface area contributed by atoms with E-state index in [4.69, 9.17) is 9.47 Å². The number of aromatic amines is 3. The topological polar surface area (TPSA) is 146 Å². The van der Waals surface area contributed by atoms with Crippen molar-refractivity contribution in [1.29, 1.82) is 0 Å². The SMILES string of the molecule is C=Cc1c2[nH]c(c1C)/C=C1\N/C(=C3\c4[nH]c(c(C)c4C(=O)[C@@H]3C(=O)OC)/C=c3\[nH]/c(c(C=O)c3CC)=C\2)[C@@H](CCC(=O)OC/C=C/C)[C@@H]1C. The van der Waals surface area contributed by atoms with E-state index in [1.54, 1.807) is 12.2 Å². The number of allylic oxidation sites excluding steroid dienone is 3. The number of ketones is 1. The first-order valence-corrected chi connectivity index (χ1v) is 16.7. The standard InChI is InChI=1S/C39H42N4O6/c1-8-11-14-49-32(45)13-12-24-20(5)27-15-26-19(4)22(9-2)29(40-26)17-31-25(18-44)23(10-3)30(41-31)16-28-21(6)33-37(43-28)34(36(24)42-27)35(38(33)46)39(47)48-7/h8-9,11,15-18,20,24,35,40-43H,2,10,12-14H2,1,3-7H3/b11-8+,27-15-,30-16-,31-17-,36-34-/t20-,24-,35+/m0/s1. The second-order valence-electron chi connectivity index (χ2n) is 12.8. The summed E-state index contributed by atoms with van der Waals surface area (Å²) in [5, 5.41) is 5.01. The average molecular weight is 663 g/mol. The van der Waals surface area contributed by atoms with Gasteiger partial charge in [-0.05, 0) is 68.5 Å². The van der Waals surface area contributed by atoms with E-state index >= 15 is 0 Å². The van der Waals surface area contributed by atoms with Gasteiger partial charge in [0.2, 0.25) is 0 Å². The van der Waals surface area contributed by atoms with Crippen molar-refractivity contribution in [1.82, 2.24) is 20.3 Å². The van der Waals surface area contributed by atoms with E-state index in [2.05, 4.69) is 33.8 Å². The zero-order chi connectivity index (χ0) is 35.1. The van der Waals surface area contributed by atoms with Gasteiger partial charge in [0.15, 0.2) is 12.1 Å². The molecule has 0 saturated carbocycles. The summed E-state index contributed by atoms with van der Waals surface area (Å²) < 4.78 is 10.6. The second kappa shape index (κ2) is 13.3. The largest absolute Gasteiger partial charge is 0.468 e. The number of aromatic nitrogens is 3. The number of esters is 2. The Balaban J connectivity index is 1.66. The third kappa shape index (κ3) is 5.54. The molecule has 3 aromatic rings. The lowest BCUT2D eigenvalue weighted by Crippen LogP contribution is -2.25. The zero-order valence-electron chi connectivity index (χ0n) is 28.8. The number of Topliss-reactive ketones (excluding diaryl/α,β-unsaturated/α-hetero) is 1. The van der Waals surface area contributed by atoms with Crippen LogP contribution < -0.4 is 16.0 Å². The fourth-order valence-corrected chi connectivity index (χ4v) is 7.53. The Kier molecular flexibility index (Phi) is 9.07. The monoisotopic (exact) mass is 662 g/mol. The molecule has 2 aliphatic heterocycles. The van der Waals surface area contributed by atoms with Crippen LogP contribution in [-0.2, 0) is 25.5 Å². The highest BCUT2D eigenvalue weighted by Gasteiger charge is 2.48. The minimum Gasteiger partial charge on any atom is -0.468 e. The summed E-state index contributed by atoms with van der Waals surface area (Å²) in [7, 11) is 1.28. The number of fused-ring (bicyclic) bond motifs is 7. The number of ether oxygens (including phenoxy) is 2. The Morgan fingerprint density at radius 2 is 1.73 bits per heavy atom. The number of nitrogens with one attached hydrogen (secondary N) is 4. The molecule has 6 rings (SSSR count). The van der Waals surface area contributed by atoms with Gasteiger partial charge in [-0.2, -0.15) is 0 Å². The van der Waals surface area contributed by atoms with Gasteiger partial charge in [-0.15, -0.1) is 0 Å². The first-order chi connectivity index (χ1) is 23.6. The number of carbonyl (C=O) groups is 4. The van der Waals surface area contributed by atoms with Crippen molar-refractivity contribution in [3.05, 3.63) is 97.0 Å². The van der Waals surface area contributed by atoms with Crippen LogP contribution in [0.1, 0.15) is 99.4 Å². The second-order valence-corrected chi connectivity index (χ2v) is 12.8. The molecule has 5 heterocycles. The maximum absolute atomic E-state index is 14.2. The van der Waals surface area contributed by atoms with Gasteiger partial charge in [-0.25, -0.2) is 0 Å². The van der Waals surface area contributed by atoms with Crippen LogP contribution in [0.4, 0.5) is 0 Å². The van der Waals surface area contributed by atoms with Crippen molar-refractivity contribution in [2.24, 2.45) is 17.8 Å². The molecule has 0 spiro atoms. The van der Waals surface area contributed by atoms with Crippen LogP contribution in [0.25, 0.3) is 29.9 Å². The van der Waals surface area contributed by atoms with Crippen LogP contribution in [-0.4, -0.2) is 52.7 Å². The number of hydrogen-bond donors (Lipinski definition) is 4. The van der Waals surface area contributed by atoms with Gasteiger partial charge in [0, 0.05) is 74.3 Å². The van der Waals surface area contributed by atoms with E-state index in [1.165, 1.54) is 7.11 Å². The first kappa shape index (κ1) is 33.5. The third-order valence-electron chi connectivity index (χ3n) is 10.2. The van der Waals surface area contributed by atoms with E-state index in [-0.39, 0.29) is 36.6 Å². The summed E-state index contributed by atoms with van der Waals surface area (Å²) >= 11 is 0. The van der Waals surface area contributed by atoms with Crippen molar-refractivity contribution in [2.45, 2.75) is 53.9 Å². The van der Waals surface area contributed by atoms with Crippen LogP contribution in [0, 0.1) is 31.6 Å². The van der Waals surface area contributed by atoms with Crippen molar-refractivity contribution < 1.29 is 28.7 Å². The Morgan fingerprint density at radius 3 is 2.41 bits per heavy atom. The Hall–Kier alpha value is -5.38. The summed E-state index contributed by atoms with van der Waals surface area (Å²) in [6.07, 6.45) is 13.3. The van der Waals surface area contributed by atoms with Crippen molar-refractivity contribution in [2.75, 3.05) is 13.7 Å². The molecule has 0 amide bonds. The van der Waals surface area contributed by atoms with Crippen LogP contribution in [0.5, 0.6) is 0 Å². The molecule has 1 aliphatic carbocycles. The van der Waals surface area contributed by atoms with Gasteiger partial charge in [-0.3, -0.25) is 19.2 Å². The predicted octanol–water partition coefficient (Wildman–Crippen LogP) is 4.77. The molecule has 0 radical (unpaired) electrons. The highest BCUT2D eigenvalue weighted by atomic mass is 16.5. The zero-order valence-corrected chi connectivity index (χ0v) is 28.8. The number of carbonyl (C=O) groups excluding carboxylic acids is 4. The minimum absolute atomic E-state index is 0.123. The van der Waals surface area contributed by atoms with Gasteiger partial charge in [0.25, 0.3) is 0 Å². The molecule has 4 N–H and O–H groups in total. The highest BCUT2D eigenvalue weighted by molar-refractivity contribution is 6.24. The molecule has 8 bridgehead atoms. The maximum Gasteiger partial charge on any atom is 0.321 e. The van der Waals surface area contributed by atoms with E-state index < -0.39 is 11.9 Å². The summed E-state index contributed by atoms with van der Waals surface area (Å²) in [6, 6.07) is 0. The number of hydrogen-bond acceptors (Lipinski definition) is 7. The molecule has 254 valence electrons. The quantitative estimate of drug-likeness (QED) is 0.112. The summed E-state index contributed by atoms with van der Waals surface area (Å²) in [4.78, 5) is 63.3. The Morgan fingerprint density at radius 1 is 1.00 bits per heavy atom.